The highest BCUT2D eigenvalue weighted by atomic mass is 35.5. The molecule has 2 N–H and O–H groups in total. The highest BCUT2D eigenvalue weighted by Gasteiger charge is 2.43. The van der Waals surface area contributed by atoms with Gasteiger partial charge in [-0.1, -0.05) is 17.7 Å². The molecular formula is C23H19ClF4N4O3S. The van der Waals surface area contributed by atoms with Crippen LogP contribution in [0.4, 0.5) is 23.2 Å². The number of nitrogens with one attached hydrogen (secondary N) is 2. The number of hydrogen-bond acceptors (Lipinski definition) is 5. The summed E-state index contributed by atoms with van der Waals surface area (Å²) in [5, 5.41) is 4.96. The Labute approximate surface area is 211 Å². The Morgan fingerprint density at radius 2 is 1.92 bits per heavy atom. The molecule has 4 rings (SSSR count). The lowest BCUT2D eigenvalue weighted by molar-refractivity contribution is -0.150. The molecule has 36 heavy (non-hydrogen) atoms. The zero-order valence-electron chi connectivity index (χ0n) is 18.4. The second-order valence-electron chi connectivity index (χ2n) is 8.13. The van der Waals surface area contributed by atoms with Gasteiger partial charge in [0.05, 0.1) is 33.2 Å². The summed E-state index contributed by atoms with van der Waals surface area (Å²) in [6.07, 6.45) is -3.25. The van der Waals surface area contributed by atoms with Crippen LogP contribution in [-0.4, -0.2) is 52.6 Å². The van der Waals surface area contributed by atoms with E-state index < -0.39 is 42.4 Å². The van der Waals surface area contributed by atoms with Gasteiger partial charge in [0.2, 0.25) is 5.91 Å². The molecule has 3 aromatic rings. The number of pyridine rings is 1. The summed E-state index contributed by atoms with van der Waals surface area (Å²) in [5.41, 5.74) is -0.423. The Balaban J connectivity index is 1.49. The number of nitrogens with zero attached hydrogens (tertiary/aromatic N) is 2. The van der Waals surface area contributed by atoms with Crippen molar-refractivity contribution >= 4 is 40.4 Å². The van der Waals surface area contributed by atoms with E-state index in [1.165, 1.54) is 47.2 Å². The number of hydrogen-bond donors (Lipinski definition) is 2. The van der Waals surface area contributed by atoms with E-state index in [1.54, 1.807) is 6.07 Å². The van der Waals surface area contributed by atoms with Gasteiger partial charge in [-0.05, 0) is 36.8 Å². The Bertz CT molecular complexity index is 1340. The summed E-state index contributed by atoms with van der Waals surface area (Å²) >= 11 is 6.85. The highest BCUT2D eigenvalue weighted by Crippen LogP contribution is 2.27. The van der Waals surface area contributed by atoms with Crippen LogP contribution in [0.25, 0.3) is 5.69 Å². The van der Waals surface area contributed by atoms with Crippen LogP contribution in [0, 0.1) is 5.82 Å². The van der Waals surface area contributed by atoms with E-state index >= 15 is 0 Å². The molecule has 1 fully saturated rings. The molecule has 0 spiro atoms. The smallest absolute Gasteiger partial charge is 0.347 e. The van der Waals surface area contributed by atoms with Gasteiger partial charge in [0, 0.05) is 30.9 Å². The van der Waals surface area contributed by atoms with Crippen molar-refractivity contribution in [3.63, 3.8) is 0 Å². The third-order valence-electron chi connectivity index (χ3n) is 5.53. The minimum atomic E-state index is -4.59. The monoisotopic (exact) mass is 542 g/mol. The molecule has 1 aliphatic heterocycles. The van der Waals surface area contributed by atoms with Crippen LogP contribution in [0.1, 0.15) is 16.1 Å². The Hall–Kier alpha value is -3.22. The number of alkyl halides is 3. The highest BCUT2D eigenvalue weighted by molar-refractivity contribution is 7.18. The first-order chi connectivity index (χ1) is 17.0. The molecule has 0 bridgehead atoms. The van der Waals surface area contributed by atoms with Crippen LogP contribution in [0.5, 0.6) is 0 Å². The molecule has 7 nitrogen and oxygen atoms in total. The predicted octanol–water partition coefficient (Wildman–Crippen LogP) is 4.07. The maximum absolute atomic E-state index is 14.7. The van der Waals surface area contributed by atoms with Crippen molar-refractivity contribution in [2.75, 3.05) is 18.4 Å². The first kappa shape index (κ1) is 25.9. The summed E-state index contributed by atoms with van der Waals surface area (Å²) in [5.74, 6) is -2.22. The quantitative estimate of drug-likeness (QED) is 0.460. The molecule has 2 atom stereocenters. The molecule has 13 heteroatoms. The Morgan fingerprint density at radius 1 is 1.14 bits per heavy atom. The Morgan fingerprint density at radius 3 is 2.56 bits per heavy atom. The average molecular weight is 543 g/mol. The Kier molecular flexibility index (Phi) is 7.48. The maximum Gasteiger partial charge on any atom is 0.401 e. The van der Waals surface area contributed by atoms with Gasteiger partial charge in [0.15, 0.2) is 0 Å². The van der Waals surface area contributed by atoms with Gasteiger partial charge in [-0.3, -0.25) is 23.9 Å². The van der Waals surface area contributed by atoms with Crippen LogP contribution < -0.4 is 16.2 Å². The first-order valence-corrected chi connectivity index (χ1v) is 11.8. The van der Waals surface area contributed by atoms with Gasteiger partial charge >= 0.3 is 6.18 Å². The number of carbonyl (C=O) groups excluding carboxylic acids is 2. The fourth-order valence-corrected chi connectivity index (χ4v) is 4.94. The molecule has 0 saturated carbocycles. The summed E-state index contributed by atoms with van der Waals surface area (Å²) in [7, 11) is 0. The molecule has 2 aromatic heterocycles. The summed E-state index contributed by atoms with van der Waals surface area (Å²) in [4.78, 5) is 38.5. The van der Waals surface area contributed by atoms with Gasteiger partial charge in [0.25, 0.3) is 11.5 Å². The second-order valence-corrected chi connectivity index (χ2v) is 9.85. The van der Waals surface area contributed by atoms with E-state index in [0.717, 1.165) is 22.3 Å². The summed E-state index contributed by atoms with van der Waals surface area (Å²) in [6.45, 7) is -1.60. The lowest BCUT2D eigenvalue weighted by Gasteiger charge is -2.24. The third kappa shape index (κ3) is 6.12. The number of carbonyl (C=O) groups is 2. The third-order valence-corrected chi connectivity index (χ3v) is 6.76. The average Bonchev–Trinajstić information content (AvgIpc) is 3.40. The van der Waals surface area contributed by atoms with E-state index in [-0.39, 0.29) is 34.8 Å². The summed E-state index contributed by atoms with van der Waals surface area (Å²) in [6, 6.07) is 9.09. The molecule has 1 aromatic carbocycles. The zero-order valence-corrected chi connectivity index (χ0v) is 20.0. The van der Waals surface area contributed by atoms with Crippen LogP contribution >= 0.6 is 22.9 Å². The number of benzene rings is 1. The predicted molar refractivity (Wildman–Crippen MR) is 127 cm³/mol. The van der Waals surface area contributed by atoms with Crippen molar-refractivity contribution in [2.24, 2.45) is 0 Å². The molecule has 1 saturated heterocycles. The number of aromatic nitrogens is 1. The van der Waals surface area contributed by atoms with Crippen molar-refractivity contribution in [3.8, 4) is 5.69 Å². The minimum Gasteiger partial charge on any atom is -0.347 e. The molecule has 0 radical (unpaired) electrons. The van der Waals surface area contributed by atoms with Gasteiger partial charge in [-0.15, -0.1) is 11.3 Å². The largest absolute Gasteiger partial charge is 0.401 e. The SMILES string of the molecule is O=C(N[C@H]1C[C@@H](C(=O)Nc2ccc(-n3ccccc3=O)cc2F)N(CC(F)(F)F)C1)c1ccc(Cl)s1. The molecule has 1 aliphatic rings. The van der Waals surface area contributed by atoms with Crippen molar-refractivity contribution in [3.05, 3.63) is 80.1 Å². The van der Waals surface area contributed by atoms with Crippen molar-refractivity contribution in [1.29, 1.82) is 0 Å². The number of halogens is 5. The van der Waals surface area contributed by atoms with Crippen LogP contribution in [-0.2, 0) is 4.79 Å². The van der Waals surface area contributed by atoms with E-state index in [2.05, 4.69) is 10.6 Å². The number of rotatable bonds is 6. The van der Waals surface area contributed by atoms with E-state index in [0.29, 0.717) is 4.34 Å². The number of likely N-dealkylation sites (tertiary alicyclic amines) is 1. The second kappa shape index (κ2) is 10.4. The number of amides is 2. The standard InChI is InChI=1S/C23H19ClF4N4O3S/c24-19-7-6-18(36-19)22(35)29-13-9-17(31(11-13)12-23(26,27)28)21(34)30-16-5-4-14(10-15(16)25)32-8-2-1-3-20(32)33/h1-8,10,13,17H,9,11-12H2,(H,29,35)(H,30,34)/t13-,17-/m0/s1. The normalized spacial score (nSPS) is 18.2. The molecule has 190 valence electrons. The molecule has 0 unspecified atom stereocenters. The molecular weight excluding hydrogens is 524 g/mol. The first-order valence-electron chi connectivity index (χ1n) is 10.7. The van der Waals surface area contributed by atoms with Crippen LogP contribution in [0.3, 0.4) is 0 Å². The van der Waals surface area contributed by atoms with Gasteiger partial charge in [-0.25, -0.2) is 4.39 Å². The number of anilines is 1. The van der Waals surface area contributed by atoms with E-state index in [9.17, 15) is 31.9 Å². The van der Waals surface area contributed by atoms with Gasteiger partial charge < -0.3 is 10.6 Å². The number of thiophene rings is 1. The zero-order chi connectivity index (χ0) is 26.0. The van der Waals surface area contributed by atoms with Gasteiger partial charge in [0.1, 0.15) is 5.82 Å². The lowest BCUT2D eigenvalue weighted by Crippen LogP contribution is -2.44. The molecule has 2 amide bonds. The van der Waals surface area contributed by atoms with E-state index in [1.807, 2.05) is 0 Å². The van der Waals surface area contributed by atoms with Crippen molar-refractivity contribution < 1.29 is 27.2 Å². The van der Waals surface area contributed by atoms with Gasteiger partial charge in [-0.2, -0.15) is 13.2 Å². The fourth-order valence-electron chi connectivity index (χ4n) is 3.99. The molecule has 0 aliphatic carbocycles. The van der Waals surface area contributed by atoms with Crippen molar-refractivity contribution in [1.82, 2.24) is 14.8 Å². The summed E-state index contributed by atoms with van der Waals surface area (Å²) < 4.78 is 55.8. The van der Waals surface area contributed by atoms with Crippen molar-refractivity contribution in [2.45, 2.75) is 24.7 Å². The maximum atomic E-state index is 14.7. The van der Waals surface area contributed by atoms with Crippen LogP contribution in [0.2, 0.25) is 4.34 Å². The van der Waals surface area contributed by atoms with Crippen LogP contribution in [0.15, 0.2) is 59.5 Å². The minimum absolute atomic E-state index is 0.105. The fraction of sp³-hybridized carbons (Fsp3) is 0.261. The molecule has 3 heterocycles. The topological polar surface area (TPSA) is 83.4 Å². The van der Waals surface area contributed by atoms with E-state index in [4.69, 9.17) is 11.6 Å². The lowest BCUT2D eigenvalue weighted by atomic mass is 10.1.